The summed E-state index contributed by atoms with van der Waals surface area (Å²) < 4.78 is 0.862. The standard InChI is InChI=1S/C23H19BrN2O2/c24-19-10-4-8-18(14-19)22(27)25-20-11-12-21-17(15-20)9-5-13-26(21)23(28)16-6-2-1-3-7-16/h1-4,6-8,10-12,14-15H,5,9,13H2,(H,25,27). The molecule has 0 aromatic heterocycles. The van der Waals surface area contributed by atoms with Crippen molar-refractivity contribution >= 4 is 39.1 Å². The van der Waals surface area contributed by atoms with E-state index in [0.717, 1.165) is 34.3 Å². The molecule has 5 heteroatoms. The van der Waals surface area contributed by atoms with Gasteiger partial charge in [0.15, 0.2) is 0 Å². The summed E-state index contributed by atoms with van der Waals surface area (Å²) in [5.41, 5.74) is 4.00. The van der Waals surface area contributed by atoms with E-state index in [2.05, 4.69) is 21.2 Å². The molecule has 1 N–H and O–H groups in total. The third-order valence-corrected chi connectivity index (χ3v) is 5.30. The van der Waals surface area contributed by atoms with Gasteiger partial charge in [0.1, 0.15) is 0 Å². The van der Waals surface area contributed by atoms with Crippen molar-refractivity contribution in [1.82, 2.24) is 0 Å². The number of anilines is 2. The van der Waals surface area contributed by atoms with Gasteiger partial charge >= 0.3 is 0 Å². The third kappa shape index (κ3) is 3.85. The highest BCUT2D eigenvalue weighted by atomic mass is 79.9. The smallest absolute Gasteiger partial charge is 0.258 e. The molecule has 0 atom stereocenters. The summed E-state index contributed by atoms with van der Waals surface area (Å²) in [6.07, 6.45) is 1.78. The number of fused-ring (bicyclic) bond motifs is 1. The van der Waals surface area contributed by atoms with Gasteiger partial charge in [0.05, 0.1) is 0 Å². The molecule has 28 heavy (non-hydrogen) atoms. The molecule has 0 fully saturated rings. The van der Waals surface area contributed by atoms with Crippen LogP contribution in [0.2, 0.25) is 0 Å². The first-order valence-corrected chi connectivity index (χ1v) is 9.98. The maximum absolute atomic E-state index is 12.9. The fourth-order valence-corrected chi connectivity index (χ4v) is 3.85. The van der Waals surface area contributed by atoms with Gasteiger partial charge < -0.3 is 10.2 Å². The third-order valence-electron chi connectivity index (χ3n) is 4.81. The quantitative estimate of drug-likeness (QED) is 0.608. The molecular formula is C23H19BrN2O2. The lowest BCUT2D eigenvalue weighted by molar-refractivity contribution is 0.0983. The number of amides is 2. The van der Waals surface area contributed by atoms with Crippen molar-refractivity contribution in [3.8, 4) is 0 Å². The molecule has 0 saturated heterocycles. The van der Waals surface area contributed by atoms with Gasteiger partial charge in [0, 0.05) is 33.5 Å². The minimum atomic E-state index is -0.158. The molecule has 0 unspecified atom stereocenters. The first-order valence-electron chi connectivity index (χ1n) is 9.18. The molecule has 1 aliphatic heterocycles. The summed E-state index contributed by atoms with van der Waals surface area (Å²) in [5.74, 6) is -0.151. The number of hydrogen-bond donors (Lipinski definition) is 1. The Morgan fingerprint density at radius 2 is 1.68 bits per heavy atom. The number of carbonyl (C=O) groups is 2. The first-order chi connectivity index (χ1) is 13.6. The van der Waals surface area contributed by atoms with Crippen molar-refractivity contribution in [2.24, 2.45) is 0 Å². The molecule has 1 heterocycles. The molecule has 3 aromatic carbocycles. The summed E-state index contributed by atoms with van der Waals surface area (Å²) in [7, 11) is 0. The molecule has 0 aliphatic carbocycles. The summed E-state index contributed by atoms with van der Waals surface area (Å²) >= 11 is 3.39. The van der Waals surface area contributed by atoms with Crippen LogP contribution in [0.1, 0.15) is 32.7 Å². The molecule has 2 amide bonds. The fraction of sp³-hybridized carbons (Fsp3) is 0.130. The van der Waals surface area contributed by atoms with E-state index in [1.807, 2.05) is 65.6 Å². The minimum Gasteiger partial charge on any atom is -0.322 e. The van der Waals surface area contributed by atoms with Crippen LogP contribution in [-0.4, -0.2) is 18.4 Å². The lowest BCUT2D eigenvalue weighted by atomic mass is 10.00. The topological polar surface area (TPSA) is 49.4 Å². The average Bonchev–Trinajstić information content (AvgIpc) is 2.73. The van der Waals surface area contributed by atoms with Gasteiger partial charge in [-0.05, 0) is 66.9 Å². The van der Waals surface area contributed by atoms with Gasteiger partial charge in [-0.25, -0.2) is 0 Å². The molecule has 3 aromatic rings. The van der Waals surface area contributed by atoms with Crippen LogP contribution >= 0.6 is 15.9 Å². The lowest BCUT2D eigenvalue weighted by Crippen LogP contribution is -2.35. The number of hydrogen-bond acceptors (Lipinski definition) is 2. The molecule has 4 nitrogen and oxygen atoms in total. The minimum absolute atomic E-state index is 0.00692. The number of nitrogens with one attached hydrogen (secondary N) is 1. The van der Waals surface area contributed by atoms with Crippen LogP contribution in [0.15, 0.2) is 77.3 Å². The maximum Gasteiger partial charge on any atom is 0.258 e. The number of rotatable bonds is 3. The van der Waals surface area contributed by atoms with E-state index in [4.69, 9.17) is 0 Å². The average molecular weight is 435 g/mol. The Morgan fingerprint density at radius 1 is 0.893 bits per heavy atom. The Kier molecular flexibility index (Phi) is 5.26. The lowest BCUT2D eigenvalue weighted by Gasteiger charge is -2.30. The zero-order valence-corrected chi connectivity index (χ0v) is 16.8. The zero-order valence-electron chi connectivity index (χ0n) is 15.2. The van der Waals surface area contributed by atoms with E-state index in [0.29, 0.717) is 17.7 Å². The number of halogens is 1. The van der Waals surface area contributed by atoms with Gasteiger partial charge in [-0.1, -0.05) is 40.2 Å². The van der Waals surface area contributed by atoms with Gasteiger partial charge in [-0.15, -0.1) is 0 Å². The normalized spacial score (nSPS) is 13.0. The van der Waals surface area contributed by atoms with Gasteiger partial charge in [-0.2, -0.15) is 0 Å². The zero-order chi connectivity index (χ0) is 19.5. The highest BCUT2D eigenvalue weighted by Gasteiger charge is 2.23. The molecule has 0 bridgehead atoms. The summed E-state index contributed by atoms with van der Waals surface area (Å²) in [5, 5.41) is 2.95. The van der Waals surface area contributed by atoms with Crippen LogP contribution in [0.25, 0.3) is 0 Å². The molecule has 0 radical (unpaired) electrons. The largest absolute Gasteiger partial charge is 0.322 e. The Hall–Kier alpha value is -2.92. The van der Waals surface area contributed by atoms with E-state index in [-0.39, 0.29) is 11.8 Å². The fourth-order valence-electron chi connectivity index (χ4n) is 3.46. The Balaban J connectivity index is 1.56. The van der Waals surface area contributed by atoms with Crippen LogP contribution in [-0.2, 0) is 6.42 Å². The first kappa shape index (κ1) is 18.4. The van der Waals surface area contributed by atoms with Crippen LogP contribution in [0.5, 0.6) is 0 Å². The summed E-state index contributed by atoms with van der Waals surface area (Å²) in [6.45, 7) is 0.699. The summed E-state index contributed by atoms with van der Waals surface area (Å²) in [6, 6.07) is 22.3. The maximum atomic E-state index is 12.9. The summed E-state index contributed by atoms with van der Waals surface area (Å²) in [4.78, 5) is 27.2. The second-order valence-electron chi connectivity index (χ2n) is 6.73. The van der Waals surface area contributed by atoms with Crippen LogP contribution < -0.4 is 10.2 Å². The van der Waals surface area contributed by atoms with E-state index >= 15 is 0 Å². The molecule has 4 rings (SSSR count). The SMILES string of the molecule is O=C(Nc1ccc2c(c1)CCCN2C(=O)c1ccccc1)c1cccc(Br)c1. The monoisotopic (exact) mass is 434 g/mol. The Labute approximate surface area is 172 Å². The van der Waals surface area contributed by atoms with Crippen molar-refractivity contribution in [2.75, 3.05) is 16.8 Å². The molecule has 0 saturated carbocycles. The van der Waals surface area contributed by atoms with Crippen LogP contribution in [0.3, 0.4) is 0 Å². The van der Waals surface area contributed by atoms with Gasteiger partial charge in [0.2, 0.25) is 0 Å². The van der Waals surface area contributed by atoms with Crippen molar-refractivity contribution in [1.29, 1.82) is 0 Å². The molecular weight excluding hydrogens is 416 g/mol. The van der Waals surface area contributed by atoms with E-state index in [1.54, 1.807) is 12.1 Å². The predicted octanol–water partition coefficient (Wildman–Crippen LogP) is 5.29. The number of carbonyl (C=O) groups excluding carboxylic acids is 2. The highest BCUT2D eigenvalue weighted by Crippen LogP contribution is 2.31. The molecule has 140 valence electrons. The van der Waals surface area contributed by atoms with E-state index in [1.165, 1.54) is 0 Å². The predicted molar refractivity (Wildman–Crippen MR) is 115 cm³/mol. The highest BCUT2D eigenvalue weighted by molar-refractivity contribution is 9.10. The van der Waals surface area contributed by atoms with Crippen molar-refractivity contribution < 1.29 is 9.59 Å². The van der Waals surface area contributed by atoms with Crippen LogP contribution in [0, 0.1) is 0 Å². The van der Waals surface area contributed by atoms with Crippen molar-refractivity contribution in [3.05, 3.63) is 94.0 Å². The number of aryl methyl sites for hydroxylation is 1. The Bertz CT molecular complexity index is 1030. The molecule has 0 spiro atoms. The number of nitrogens with zero attached hydrogens (tertiary/aromatic N) is 1. The van der Waals surface area contributed by atoms with E-state index in [9.17, 15) is 9.59 Å². The van der Waals surface area contributed by atoms with Crippen molar-refractivity contribution in [2.45, 2.75) is 12.8 Å². The van der Waals surface area contributed by atoms with Crippen LogP contribution in [0.4, 0.5) is 11.4 Å². The second kappa shape index (κ2) is 7.98. The number of benzene rings is 3. The Morgan fingerprint density at radius 3 is 2.46 bits per heavy atom. The van der Waals surface area contributed by atoms with Gasteiger partial charge in [0.25, 0.3) is 11.8 Å². The second-order valence-corrected chi connectivity index (χ2v) is 7.65. The van der Waals surface area contributed by atoms with Gasteiger partial charge in [-0.3, -0.25) is 9.59 Å². The molecule has 1 aliphatic rings. The van der Waals surface area contributed by atoms with Crippen molar-refractivity contribution in [3.63, 3.8) is 0 Å². The van der Waals surface area contributed by atoms with E-state index < -0.39 is 0 Å².